The Morgan fingerprint density at radius 2 is 1.55 bits per heavy atom. The number of urea groups is 1. The highest BCUT2D eigenvalue weighted by molar-refractivity contribution is 7.89. The van der Waals surface area contributed by atoms with E-state index in [0.29, 0.717) is 5.69 Å². The van der Waals surface area contributed by atoms with Crippen molar-refractivity contribution in [2.24, 2.45) is 5.14 Å². The normalized spacial score (nSPS) is 11.0. The van der Waals surface area contributed by atoms with Crippen LogP contribution in [0.1, 0.15) is 0 Å². The van der Waals surface area contributed by atoms with Crippen LogP contribution >= 0.6 is 0 Å². The molecule has 8 N–H and O–H groups in total. The molecule has 0 aliphatic heterocycles. The fraction of sp³-hybridized carbons (Fsp3) is 0. The molecule has 1 aromatic heterocycles. The van der Waals surface area contributed by atoms with Gasteiger partial charge in [-0.05, 0) is 24.3 Å². The van der Waals surface area contributed by atoms with Gasteiger partial charge in [0.2, 0.25) is 16.0 Å². The molecule has 116 valence electrons. The Bertz CT molecular complexity index is 785. The average molecular weight is 323 g/mol. The molecule has 0 bridgehead atoms. The number of nitrogens with two attached hydrogens (primary N) is 3. The Hall–Kier alpha value is -2.92. The van der Waals surface area contributed by atoms with Crippen LogP contribution in [0.4, 0.5) is 28.1 Å². The first-order valence-corrected chi connectivity index (χ1v) is 7.39. The Labute approximate surface area is 125 Å². The van der Waals surface area contributed by atoms with Crippen molar-refractivity contribution in [2.45, 2.75) is 4.90 Å². The van der Waals surface area contributed by atoms with E-state index in [-0.39, 0.29) is 22.5 Å². The fourth-order valence-electron chi connectivity index (χ4n) is 1.53. The van der Waals surface area contributed by atoms with Gasteiger partial charge in [0.15, 0.2) is 0 Å². The summed E-state index contributed by atoms with van der Waals surface area (Å²) in [7, 11) is -3.78. The largest absolute Gasteiger partial charge is 0.383 e. The molecule has 2 aromatic rings. The van der Waals surface area contributed by atoms with Crippen LogP contribution in [-0.4, -0.2) is 24.4 Å². The highest BCUT2D eigenvalue weighted by Crippen LogP contribution is 2.13. The second-order valence-corrected chi connectivity index (χ2v) is 5.75. The van der Waals surface area contributed by atoms with Gasteiger partial charge in [0, 0.05) is 11.8 Å². The molecule has 0 aliphatic carbocycles. The monoisotopic (exact) mass is 323 g/mol. The summed E-state index contributed by atoms with van der Waals surface area (Å²) in [6.07, 6.45) is 0. The summed E-state index contributed by atoms with van der Waals surface area (Å²) in [6.45, 7) is 0. The molecule has 11 heteroatoms. The Balaban J connectivity index is 2.06. The number of anilines is 4. The standard InChI is InChI=1S/C11H13N7O3S/c12-8-5-9(13)17-10(16-8)18-11(19)15-6-1-3-7(4-2-6)22(14,20)21/h1-5H,(H2,14,20,21)(H6,12,13,15,16,17,18,19). The summed E-state index contributed by atoms with van der Waals surface area (Å²) in [5.74, 6) is 0.164. The van der Waals surface area contributed by atoms with E-state index in [9.17, 15) is 13.2 Å². The molecule has 0 unspecified atom stereocenters. The molecular formula is C11H13N7O3S. The number of sulfonamides is 1. The van der Waals surface area contributed by atoms with Gasteiger partial charge >= 0.3 is 6.03 Å². The summed E-state index contributed by atoms with van der Waals surface area (Å²) in [6, 6.07) is 5.99. The van der Waals surface area contributed by atoms with Crippen molar-refractivity contribution in [3.05, 3.63) is 30.3 Å². The molecule has 2 amide bonds. The van der Waals surface area contributed by atoms with Crippen LogP contribution in [0.2, 0.25) is 0 Å². The van der Waals surface area contributed by atoms with Crippen molar-refractivity contribution in [3.63, 3.8) is 0 Å². The van der Waals surface area contributed by atoms with E-state index < -0.39 is 16.1 Å². The molecule has 0 saturated carbocycles. The zero-order valence-corrected chi connectivity index (χ0v) is 12.0. The zero-order chi connectivity index (χ0) is 16.3. The van der Waals surface area contributed by atoms with Crippen LogP contribution in [0.3, 0.4) is 0 Å². The highest BCUT2D eigenvalue weighted by Gasteiger charge is 2.09. The Morgan fingerprint density at radius 3 is 2.05 bits per heavy atom. The van der Waals surface area contributed by atoms with E-state index in [0.717, 1.165) is 0 Å². The summed E-state index contributed by atoms with van der Waals surface area (Å²) in [5.41, 5.74) is 11.3. The van der Waals surface area contributed by atoms with E-state index >= 15 is 0 Å². The minimum atomic E-state index is -3.78. The van der Waals surface area contributed by atoms with Crippen molar-refractivity contribution in [2.75, 3.05) is 22.1 Å². The van der Waals surface area contributed by atoms with Gasteiger partial charge in [-0.3, -0.25) is 5.32 Å². The quantitative estimate of drug-likeness (QED) is 0.524. The molecule has 1 aromatic carbocycles. The number of hydrogen-bond acceptors (Lipinski definition) is 7. The van der Waals surface area contributed by atoms with Crippen LogP contribution in [0.15, 0.2) is 35.2 Å². The SMILES string of the molecule is Nc1cc(N)nc(NC(=O)Nc2ccc(S(N)(=O)=O)cc2)n1. The molecule has 22 heavy (non-hydrogen) atoms. The van der Waals surface area contributed by atoms with Crippen molar-refractivity contribution in [1.29, 1.82) is 0 Å². The van der Waals surface area contributed by atoms with Gasteiger partial charge in [0.25, 0.3) is 0 Å². The summed E-state index contributed by atoms with van der Waals surface area (Å²) >= 11 is 0. The third kappa shape index (κ3) is 4.04. The van der Waals surface area contributed by atoms with Gasteiger partial charge in [0.05, 0.1) is 4.90 Å². The van der Waals surface area contributed by atoms with Gasteiger partial charge < -0.3 is 16.8 Å². The molecule has 0 saturated heterocycles. The lowest BCUT2D eigenvalue weighted by Gasteiger charge is -2.07. The van der Waals surface area contributed by atoms with E-state index in [1.807, 2.05) is 0 Å². The second kappa shape index (κ2) is 5.83. The lowest BCUT2D eigenvalue weighted by molar-refractivity contribution is 0.262. The van der Waals surface area contributed by atoms with Crippen LogP contribution in [0, 0.1) is 0 Å². The number of aromatic nitrogens is 2. The number of carbonyl (C=O) groups excluding carboxylic acids is 1. The molecule has 10 nitrogen and oxygen atoms in total. The van der Waals surface area contributed by atoms with Crippen molar-refractivity contribution in [3.8, 4) is 0 Å². The Kier molecular flexibility index (Phi) is 4.10. The van der Waals surface area contributed by atoms with E-state index in [2.05, 4.69) is 20.6 Å². The van der Waals surface area contributed by atoms with Gasteiger partial charge in [-0.2, -0.15) is 9.97 Å². The van der Waals surface area contributed by atoms with Crippen LogP contribution < -0.4 is 27.2 Å². The summed E-state index contributed by atoms with van der Waals surface area (Å²) in [5, 5.41) is 9.77. The molecule has 0 radical (unpaired) electrons. The van der Waals surface area contributed by atoms with E-state index in [1.54, 1.807) is 0 Å². The maximum atomic E-state index is 11.8. The number of rotatable bonds is 3. The predicted octanol–water partition coefficient (Wildman–Crippen LogP) is -0.0676. The van der Waals surface area contributed by atoms with Gasteiger partial charge in [-0.25, -0.2) is 18.4 Å². The number of nitrogens with zero attached hydrogens (tertiary/aromatic N) is 2. The number of hydrogen-bond donors (Lipinski definition) is 5. The molecule has 0 aliphatic rings. The topological polar surface area (TPSA) is 179 Å². The average Bonchev–Trinajstić information content (AvgIpc) is 2.36. The molecule has 0 fully saturated rings. The third-order valence-corrected chi connectivity index (χ3v) is 3.36. The fourth-order valence-corrected chi connectivity index (χ4v) is 2.05. The molecule has 1 heterocycles. The number of primary sulfonamides is 1. The van der Waals surface area contributed by atoms with E-state index in [1.165, 1.54) is 30.3 Å². The summed E-state index contributed by atoms with van der Waals surface area (Å²) in [4.78, 5) is 19.3. The maximum absolute atomic E-state index is 11.8. The molecular weight excluding hydrogens is 310 g/mol. The van der Waals surface area contributed by atoms with Crippen molar-refractivity contribution in [1.82, 2.24) is 9.97 Å². The first-order valence-electron chi connectivity index (χ1n) is 5.85. The van der Waals surface area contributed by atoms with Crippen LogP contribution in [-0.2, 0) is 10.0 Å². The van der Waals surface area contributed by atoms with Gasteiger partial charge in [-0.15, -0.1) is 0 Å². The minimum absolute atomic E-state index is 0.0591. The first kappa shape index (κ1) is 15.5. The third-order valence-electron chi connectivity index (χ3n) is 2.43. The number of nitrogens with one attached hydrogen (secondary N) is 2. The molecule has 0 spiro atoms. The van der Waals surface area contributed by atoms with Crippen molar-refractivity contribution >= 4 is 39.3 Å². The van der Waals surface area contributed by atoms with E-state index in [4.69, 9.17) is 16.6 Å². The lowest BCUT2D eigenvalue weighted by atomic mass is 10.3. The predicted molar refractivity (Wildman–Crippen MR) is 81.3 cm³/mol. The first-order chi connectivity index (χ1) is 10.2. The number of carbonyl (C=O) groups is 1. The number of nitrogen functional groups attached to an aromatic ring is 2. The van der Waals surface area contributed by atoms with Crippen LogP contribution in [0.25, 0.3) is 0 Å². The smallest absolute Gasteiger partial charge is 0.326 e. The van der Waals surface area contributed by atoms with Crippen molar-refractivity contribution < 1.29 is 13.2 Å². The molecule has 0 atom stereocenters. The van der Waals surface area contributed by atoms with Gasteiger partial charge in [-0.1, -0.05) is 0 Å². The summed E-state index contributed by atoms with van der Waals surface area (Å²) < 4.78 is 22.2. The number of amides is 2. The Morgan fingerprint density at radius 1 is 1.00 bits per heavy atom. The van der Waals surface area contributed by atoms with Crippen LogP contribution in [0.5, 0.6) is 0 Å². The zero-order valence-electron chi connectivity index (χ0n) is 11.1. The molecule has 2 rings (SSSR count). The maximum Gasteiger partial charge on any atom is 0.326 e. The lowest BCUT2D eigenvalue weighted by Crippen LogP contribution is -2.21. The second-order valence-electron chi connectivity index (χ2n) is 4.19. The minimum Gasteiger partial charge on any atom is -0.383 e. The number of benzene rings is 1. The van der Waals surface area contributed by atoms with Gasteiger partial charge in [0.1, 0.15) is 11.6 Å². The highest BCUT2D eigenvalue weighted by atomic mass is 32.2.